The first kappa shape index (κ1) is 16.5. The van der Waals surface area contributed by atoms with Gasteiger partial charge in [0.05, 0.1) is 5.69 Å². The van der Waals surface area contributed by atoms with Gasteiger partial charge in [0.15, 0.2) is 0 Å². The second kappa shape index (κ2) is 6.91. The Bertz CT molecular complexity index is 711. The highest BCUT2D eigenvalue weighted by Gasteiger charge is 2.21. The number of anilines is 1. The van der Waals surface area contributed by atoms with E-state index in [0.29, 0.717) is 17.4 Å². The van der Waals surface area contributed by atoms with Crippen molar-refractivity contribution < 1.29 is 8.42 Å². The third-order valence-electron chi connectivity index (χ3n) is 2.85. The SMILES string of the molecule is Nc1cc(Br)cc(Br)c1S(=O)(=O)NCCc1ccccc1. The summed E-state index contributed by atoms with van der Waals surface area (Å²) in [6.45, 7) is 0.314. The minimum Gasteiger partial charge on any atom is -0.398 e. The number of nitrogen functional groups attached to an aromatic ring is 1. The van der Waals surface area contributed by atoms with E-state index in [1.165, 1.54) is 0 Å². The van der Waals surface area contributed by atoms with E-state index in [-0.39, 0.29) is 10.6 Å². The van der Waals surface area contributed by atoms with Crippen LogP contribution in [0.1, 0.15) is 5.56 Å². The Morgan fingerprint density at radius 3 is 2.38 bits per heavy atom. The maximum Gasteiger partial charge on any atom is 0.243 e. The molecule has 0 saturated carbocycles. The molecule has 112 valence electrons. The zero-order valence-corrected chi connectivity index (χ0v) is 15.0. The molecule has 0 aromatic heterocycles. The number of sulfonamides is 1. The molecule has 0 heterocycles. The van der Waals surface area contributed by atoms with Gasteiger partial charge in [-0.2, -0.15) is 0 Å². The normalized spacial score (nSPS) is 11.5. The average molecular weight is 434 g/mol. The molecule has 21 heavy (non-hydrogen) atoms. The maximum atomic E-state index is 12.3. The van der Waals surface area contributed by atoms with Gasteiger partial charge in [0.2, 0.25) is 10.0 Å². The van der Waals surface area contributed by atoms with Crippen LogP contribution in [0.5, 0.6) is 0 Å². The van der Waals surface area contributed by atoms with Crippen molar-refractivity contribution in [2.45, 2.75) is 11.3 Å². The van der Waals surface area contributed by atoms with Crippen LogP contribution < -0.4 is 10.5 Å². The van der Waals surface area contributed by atoms with Crippen molar-refractivity contribution in [3.63, 3.8) is 0 Å². The van der Waals surface area contributed by atoms with Crippen LogP contribution in [0.4, 0.5) is 5.69 Å². The van der Waals surface area contributed by atoms with E-state index in [2.05, 4.69) is 36.6 Å². The molecule has 0 radical (unpaired) electrons. The summed E-state index contributed by atoms with van der Waals surface area (Å²) in [5.41, 5.74) is 7.08. The number of benzene rings is 2. The molecule has 7 heteroatoms. The minimum absolute atomic E-state index is 0.0683. The van der Waals surface area contributed by atoms with Crippen LogP contribution in [-0.2, 0) is 16.4 Å². The third-order valence-corrected chi connectivity index (χ3v) is 5.78. The summed E-state index contributed by atoms with van der Waals surface area (Å²) in [6.07, 6.45) is 0.619. The Balaban J connectivity index is 2.12. The highest BCUT2D eigenvalue weighted by Crippen LogP contribution is 2.31. The summed E-state index contributed by atoms with van der Waals surface area (Å²) >= 11 is 6.51. The first-order chi connectivity index (χ1) is 9.90. The van der Waals surface area contributed by atoms with Crippen LogP contribution in [0.15, 0.2) is 56.3 Å². The number of hydrogen-bond acceptors (Lipinski definition) is 3. The van der Waals surface area contributed by atoms with Gasteiger partial charge in [0, 0.05) is 15.5 Å². The van der Waals surface area contributed by atoms with Crippen molar-refractivity contribution in [2.75, 3.05) is 12.3 Å². The van der Waals surface area contributed by atoms with Crippen molar-refractivity contribution in [1.82, 2.24) is 4.72 Å². The molecule has 2 aromatic carbocycles. The number of halogens is 2. The first-order valence-corrected chi connectivity index (χ1v) is 9.25. The highest BCUT2D eigenvalue weighted by atomic mass is 79.9. The highest BCUT2D eigenvalue weighted by molar-refractivity contribution is 9.11. The fourth-order valence-corrected chi connectivity index (χ4v) is 5.01. The lowest BCUT2D eigenvalue weighted by Crippen LogP contribution is -2.27. The molecule has 0 saturated heterocycles. The third kappa shape index (κ3) is 4.29. The lowest BCUT2D eigenvalue weighted by Gasteiger charge is -2.11. The zero-order valence-electron chi connectivity index (χ0n) is 11.0. The number of hydrogen-bond donors (Lipinski definition) is 2. The van der Waals surface area contributed by atoms with Crippen LogP contribution in [0.25, 0.3) is 0 Å². The van der Waals surface area contributed by atoms with E-state index in [0.717, 1.165) is 10.0 Å². The lowest BCUT2D eigenvalue weighted by molar-refractivity contribution is 0.581. The largest absolute Gasteiger partial charge is 0.398 e. The fourth-order valence-electron chi connectivity index (χ4n) is 1.91. The number of rotatable bonds is 5. The second-order valence-corrected chi connectivity index (χ2v) is 7.91. The smallest absolute Gasteiger partial charge is 0.243 e. The molecule has 0 aliphatic rings. The number of nitrogens with two attached hydrogens (primary N) is 1. The van der Waals surface area contributed by atoms with Gasteiger partial charge in [-0.3, -0.25) is 0 Å². The van der Waals surface area contributed by atoms with E-state index < -0.39 is 10.0 Å². The topological polar surface area (TPSA) is 72.2 Å². The molecular weight excluding hydrogens is 420 g/mol. The molecule has 0 aliphatic heterocycles. The zero-order chi connectivity index (χ0) is 15.5. The molecule has 0 amide bonds. The van der Waals surface area contributed by atoms with Gasteiger partial charge >= 0.3 is 0 Å². The molecule has 2 aromatic rings. The van der Waals surface area contributed by atoms with Crippen molar-refractivity contribution in [3.8, 4) is 0 Å². The molecule has 3 N–H and O–H groups in total. The average Bonchev–Trinajstić information content (AvgIpc) is 2.38. The van der Waals surface area contributed by atoms with Gasteiger partial charge < -0.3 is 5.73 Å². The lowest BCUT2D eigenvalue weighted by atomic mass is 10.2. The Labute approximate surface area is 141 Å². The molecule has 0 aliphatic carbocycles. The minimum atomic E-state index is -3.65. The maximum absolute atomic E-state index is 12.3. The monoisotopic (exact) mass is 432 g/mol. The Morgan fingerprint density at radius 1 is 1.10 bits per heavy atom. The molecule has 0 spiro atoms. The van der Waals surface area contributed by atoms with Crippen molar-refractivity contribution >= 4 is 47.6 Å². The fraction of sp³-hybridized carbons (Fsp3) is 0.143. The van der Waals surface area contributed by atoms with E-state index in [9.17, 15) is 8.42 Å². The van der Waals surface area contributed by atoms with Gasteiger partial charge in [-0.25, -0.2) is 13.1 Å². The molecule has 0 bridgehead atoms. The van der Waals surface area contributed by atoms with Crippen LogP contribution in [0, 0.1) is 0 Å². The summed E-state index contributed by atoms with van der Waals surface area (Å²) in [5.74, 6) is 0. The predicted octanol–water partition coefficient (Wildman–Crippen LogP) is 3.31. The van der Waals surface area contributed by atoms with E-state index in [1.807, 2.05) is 30.3 Å². The quantitative estimate of drug-likeness (QED) is 0.710. The summed E-state index contributed by atoms with van der Waals surface area (Å²) in [7, 11) is -3.65. The van der Waals surface area contributed by atoms with Crippen LogP contribution in [-0.4, -0.2) is 15.0 Å². The first-order valence-electron chi connectivity index (χ1n) is 6.18. The van der Waals surface area contributed by atoms with Crippen molar-refractivity contribution in [2.24, 2.45) is 0 Å². The van der Waals surface area contributed by atoms with Gasteiger partial charge in [-0.15, -0.1) is 0 Å². The predicted molar refractivity (Wildman–Crippen MR) is 91.6 cm³/mol. The van der Waals surface area contributed by atoms with Crippen molar-refractivity contribution in [1.29, 1.82) is 0 Å². The van der Waals surface area contributed by atoms with E-state index in [1.54, 1.807) is 12.1 Å². The van der Waals surface area contributed by atoms with Gasteiger partial charge in [0.25, 0.3) is 0 Å². The molecule has 0 fully saturated rings. The standard InChI is InChI=1S/C14H14Br2N2O2S/c15-11-8-12(16)14(13(17)9-11)21(19,20)18-7-6-10-4-2-1-3-5-10/h1-5,8-9,18H,6-7,17H2. The Hall–Kier alpha value is -0.890. The molecular formula is C14H14Br2N2O2S. The summed E-state index contributed by atoms with van der Waals surface area (Å²) in [4.78, 5) is 0.0683. The van der Waals surface area contributed by atoms with E-state index in [4.69, 9.17) is 5.73 Å². The summed E-state index contributed by atoms with van der Waals surface area (Å²) in [5, 5.41) is 0. The molecule has 0 unspecified atom stereocenters. The summed E-state index contributed by atoms with van der Waals surface area (Å²) < 4.78 is 28.4. The molecule has 2 rings (SSSR count). The molecule has 4 nitrogen and oxygen atoms in total. The summed E-state index contributed by atoms with van der Waals surface area (Å²) in [6, 6.07) is 12.9. The van der Waals surface area contributed by atoms with Gasteiger partial charge in [0.1, 0.15) is 4.90 Å². The number of nitrogens with one attached hydrogen (secondary N) is 1. The van der Waals surface area contributed by atoms with Crippen molar-refractivity contribution in [3.05, 3.63) is 57.0 Å². The van der Waals surface area contributed by atoms with E-state index >= 15 is 0 Å². The Morgan fingerprint density at radius 2 is 1.76 bits per heavy atom. The Kier molecular flexibility index (Phi) is 5.43. The molecule has 0 atom stereocenters. The van der Waals surface area contributed by atoms with Gasteiger partial charge in [-0.05, 0) is 40.0 Å². The van der Waals surface area contributed by atoms with Crippen LogP contribution in [0.2, 0.25) is 0 Å². The van der Waals surface area contributed by atoms with Gasteiger partial charge in [-0.1, -0.05) is 46.3 Å². The van der Waals surface area contributed by atoms with Crippen LogP contribution >= 0.6 is 31.9 Å². The second-order valence-electron chi connectivity index (χ2n) is 4.44. The van der Waals surface area contributed by atoms with Crippen LogP contribution in [0.3, 0.4) is 0 Å².